The number of benzene rings is 4. The Bertz CT molecular complexity index is 1200. The van der Waals surface area contributed by atoms with Crippen molar-refractivity contribution in [2.24, 2.45) is 5.10 Å². The zero-order valence-corrected chi connectivity index (χ0v) is 16.1. The quantitative estimate of drug-likeness (QED) is 0.353. The van der Waals surface area contributed by atoms with Gasteiger partial charge in [0.2, 0.25) is 0 Å². The molecule has 0 aromatic heterocycles. The summed E-state index contributed by atoms with van der Waals surface area (Å²) in [5, 5.41) is 6.24. The minimum Gasteiger partial charge on any atom is -0.489 e. The second kappa shape index (κ2) is 9.01. The molecule has 1 N–H and O–H groups in total. The molecule has 0 aliphatic heterocycles. The van der Waals surface area contributed by atoms with Crippen molar-refractivity contribution in [1.29, 1.82) is 0 Å². The number of fused-ring (bicyclic) bond motifs is 1. The third kappa shape index (κ3) is 4.52. The van der Waals surface area contributed by atoms with Crippen molar-refractivity contribution in [2.75, 3.05) is 0 Å². The fourth-order valence-electron chi connectivity index (χ4n) is 3.10. The van der Waals surface area contributed by atoms with E-state index in [4.69, 9.17) is 4.74 Å². The molecule has 0 bridgehead atoms. The van der Waals surface area contributed by atoms with Crippen LogP contribution in [0.3, 0.4) is 0 Å². The van der Waals surface area contributed by atoms with Crippen molar-refractivity contribution >= 4 is 22.9 Å². The number of hydrogen-bond donors (Lipinski definition) is 1. The number of hydrazone groups is 1. The van der Waals surface area contributed by atoms with E-state index in [1.54, 1.807) is 6.07 Å². The fourth-order valence-corrected chi connectivity index (χ4v) is 3.10. The first kappa shape index (κ1) is 19.3. The second-order valence-corrected chi connectivity index (χ2v) is 6.67. The first-order chi connectivity index (χ1) is 14.7. The smallest absolute Gasteiger partial charge is 0.274 e. The van der Waals surface area contributed by atoms with Gasteiger partial charge in [0.05, 0.1) is 11.8 Å². The summed E-state index contributed by atoms with van der Waals surface area (Å²) in [7, 11) is 0. The third-order valence-electron chi connectivity index (χ3n) is 4.65. The zero-order valence-electron chi connectivity index (χ0n) is 16.1. The predicted octanol–water partition coefficient (Wildman–Crippen LogP) is 5.32. The normalized spacial score (nSPS) is 11.0. The van der Waals surface area contributed by atoms with E-state index in [0.29, 0.717) is 6.61 Å². The summed E-state index contributed by atoms with van der Waals surface area (Å²) in [4.78, 5) is 11.9. The SMILES string of the molecule is O=C(NN=Cc1ccc(OCc2cccc3ccccc23)cc1)c1ccccc1F. The molecule has 5 heteroatoms. The maximum absolute atomic E-state index is 13.6. The van der Waals surface area contributed by atoms with E-state index in [1.165, 1.54) is 35.2 Å². The summed E-state index contributed by atoms with van der Waals surface area (Å²) in [6.45, 7) is 0.466. The minimum atomic E-state index is -0.598. The van der Waals surface area contributed by atoms with Gasteiger partial charge >= 0.3 is 0 Å². The highest BCUT2D eigenvalue weighted by Gasteiger charge is 2.09. The van der Waals surface area contributed by atoms with Crippen LogP contribution in [-0.2, 0) is 6.61 Å². The summed E-state index contributed by atoms with van der Waals surface area (Å²) < 4.78 is 19.5. The molecule has 0 aliphatic carbocycles. The van der Waals surface area contributed by atoms with Crippen molar-refractivity contribution in [1.82, 2.24) is 5.43 Å². The largest absolute Gasteiger partial charge is 0.489 e. The van der Waals surface area contributed by atoms with Crippen LogP contribution in [0.5, 0.6) is 5.75 Å². The van der Waals surface area contributed by atoms with Crippen LogP contribution in [0.4, 0.5) is 4.39 Å². The molecule has 0 aliphatic rings. The Hall–Kier alpha value is -3.99. The van der Waals surface area contributed by atoms with E-state index in [9.17, 15) is 9.18 Å². The van der Waals surface area contributed by atoms with Crippen LogP contribution in [0.1, 0.15) is 21.5 Å². The van der Waals surface area contributed by atoms with Gasteiger partial charge in [-0.15, -0.1) is 0 Å². The van der Waals surface area contributed by atoms with Crippen LogP contribution in [0.2, 0.25) is 0 Å². The zero-order chi connectivity index (χ0) is 20.8. The molecule has 0 atom stereocenters. The average Bonchev–Trinajstić information content (AvgIpc) is 2.79. The highest BCUT2D eigenvalue weighted by atomic mass is 19.1. The monoisotopic (exact) mass is 398 g/mol. The molecule has 0 saturated heterocycles. The standard InChI is InChI=1S/C25H19FN2O2/c26-24-11-4-3-10-23(24)25(29)28-27-16-18-12-14-21(15-13-18)30-17-20-8-5-7-19-6-1-2-9-22(19)20/h1-16H,17H2,(H,28,29). The van der Waals surface area contributed by atoms with Crippen molar-refractivity contribution < 1.29 is 13.9 Å². The van der Waals surface area contributed by atoms with Crippen molar-refractivity contribution in [2.45, 2.75) is 6.61 Å². The molecule has 0 unspecified atom stereocenters. The van der Waals surface area contributed by atoms with Gasteiger partial charge in [-0.05, 0) is 58.3 Å². The van der Waals surface area contributed by atoms with Crippen LogP contribution in [0, 0.1) is 5.82 Å². The van der Waals surface area contributed by atoms with E-state index < -0.39 is 11.7 Å². The molecule has 1 amide bonds. The number of nitrogens with zero attached hydrogens (tertiary/aromatic N) is 1. The van der Waals surface area contributed by atoms with Gasteiger partial charge in [-0.3, -0.25) is 4.79 Å². The Morgan fingerprint density at radius 3 is 2.47 bits per heavy atom. The van der Waals surface area contributed by atoms with Crippen LogP contribution in [0.25, 0.3) is 10.8 Å². The molecule has 0 heterocycles. The highest BCUT2D eigenvalue weighted by Crippen LogP contribution is 2.21. The summed E-state index contributed by atoms with van der Waals surface area (Å²) >= 11 is 0. The van der Waals surface area contributed by atoms with E-state index in [2.05, 4.69) is 34.8 Å². The first-order valence-corrected chi connectivity index (χ1v) is 9.48. The van der Waals surface area contributed by atoms with Gasteiger partial charge in [0, 0.05) is 0 Å². The van der Waals surface area contributed by atoms with Crippen LogP contribution in [0.15, 0.2) is 96.1 Å². The van der Waals surface area contributed by atoms with Gasteiger partial charge < -0.3 is 4.74 Å². The van der Waals surface area contributed by atoms with Gasteiger partial charge in [0.25, 0.3) is 5.91 Å². The number of nitrogens with one attached hydrogen (secondary N) is 1. The Kier molecular flexibility index (Phi) is 5.80. The Labute approximate surface area is 173 Å². The molecule has 0 spiro atoms. The highest BCUT2D eigenvalue weighted by molar-refractivity contribution is 5.95. The topological polar surface area (TPSA) is 50.7 Å². The van der Waals surface area contributed by atoms with Gasteiger partial charge in [0.1, 0.15) is 18.2 Å². The van der Waals surface area contributed by atoms with Crippen LogP contribution in [-0.4, -0.2) is 12.1 Å². The van der Waals surface area contributed by atoms with Crippen molar-refractivity contribution in [3.05, 3.63) is 114 Å². The van der Waals surface area contributed by atoms with Gasteiger partial charge in [-0.2, -0.15) is 5.10 Å². The molecule has 30 heavy (non-hydrogen) atoms. The third-order valence-corrected chi connectivity index (χ3v) is 4.65. The number of amides is 1. The van der Waals surface area contributed by atoms with E-state index in [1.807, 2.05) is 42.5 Å². The van der Waals surface area contributed by atoms with Gasteiger partial charge in [0.15, 0.2) is 0 Å². The average molecular weight is 398 g/mol. The lowest BCUT2D eigenvalue weighted by Gasteiger charge is -2.09. The summed E-state index contributed by atoms with van der Waals surface area (Å²) in [6.07, 6.45) is 1.49. The van der Waals surface area contributed by atoms with Crippen LogP contribution < -0.4 is 10.2 Å². The number of hydrogen-bond acceptors (Lipinski definition) is 3. The maximum Gasteiger partial charge on any atom is 0.274 e. The Balaban J connectivity index is 1.35. The molecular formula is C25H19FN2O2. The van der Waals surface area contributed by atoms with Crippen LogP contribution >= 0.6 is 0 Å². The Morgan fingerprint density at radius 1 is 0.900 bits per heavy atom. The molecule has 4 aromatic rings. The van der Waals surface area contributed by atoms with Gasteiger partial charge in [-0.1, -0.05) is 54.6 Å². The number of carbonyl (C=O) groups is 1. The molecular weight excluding hydrogens is 379 g/mol. The Morgan fingerprint density at radius 2 is 1.63 bits per heavy atom. The number of rotatable bonds is 6. The lowest BCUT2D eigenvalue weighted by atomic mass is 10.1. The molecule has 0 saturated carbocycles. The number of carbonyl (C=O) groups excluding carboxylic acids is 1. The van der Waals surface area contributed by atoms with Crippen molar-refractivity contribution in [3.8, 4) is 5.75 Å². The first-order valence-electron chi connectivity index (χ1n) is 9.48. The van der Waals surface area contributed by atoms with E-state index >= 15 is 0 Å². The fraction of sp³-hybridized carbons (Fsp3) is 0.0400. The van der Waals surface area contributed by atoms with E-state index in [-0.39, 0.29) is 5.56 Å². The molecule has 0 fully saturated rings. The molecule has 4 rings (SSSR count). The number of halogens is 1. The minimum absolute atomic E-state index is 0.0492. The maximum atomic E-state index is 13.6. The van der Waals surface area contributed by atoms with Gasteiger partial charge in [-0.25, -0.2) is 9.82 Å². The second-order valence-electron chi connectivity index (χ2n) is 6.67. The summed E-state index contributed by atoms with van der Waals surface area (Å²) in [6, 6.07) is 27.5. The summed E-state index contributed by atoms with van der Waals surface area (Å²) in [5.74, 6) is -0.451. The van der Waals surface area contributed by atoms with Crippen molar-refractivity contribution in [3.63, 3.8) is 0 Å². The summed E-state index contributed by atoms with van der Waals surface area (Å²) in [5.41, 5.74) is 4.18. The molecule has 4 aromatic carbocycles. The molecule has 0 radical (unpaired) electrons. The molecule has 148 valence electrons. The lowest BCUT2D eigenvalue weighted by molar-refractivity contribution is 0.0951. The molecule has 4 nitrogen and oxygen atoms in total. The number of ether oxygens (including phenoxy) is 1. The predicted molar refractivity (Wildman–Crippen MR) is 116 cm³/mol. The lowest BCUT2D eigenvalue weighted by Crippen LogP contribution is -2.18. The van der Waals surface area contributed by atoms with E-state index in [0.717, 1.165) is 16.9 Å².